The van der Waals surface area contributed by atoms with Crippen LogP contribution in [0.15, 0.2) is 65.6 Å². The summed E-state index contributed by atoms with van der Waals surface area (Å²) in [5, 5.41) is 0.295. The molecule has 5 nitrogen and oxygen atoms in total. The zero-order valence-electron chi connectivity index (χ0n) is 17.7. The average Bonchev–Trinajstić information content (AvgIpc) is 3.21. The zero-order valence-corrected chi connectivity index (χ0v) is 18.5. The van der Waals surface area contributed by atoms with E-state index in [1.54, 1.807) is 14.2 Å². The van der Waals surface area contributed by atoms with E-state index in [1.165, 1.54) is 21.7 Å². The second-order valence-electron chi connectivity index (χ2n) is 7.58. The molecule has 31 heavy (non-hydrogen) atoms. The Kier molecular flexibility index (Phi) is 5.55. The van der Waals surface area contributed by atoms with Crippen LogP contribution in [0.2, 0.25) is 0 Å². The van der Waals surface area contributed by atoms with Gasteiger partial charge in [-0.2, -0.15) is 0 Å². The lowest BCUT2D eigenvalue weighted by Gasteiger charge is -2.25. The predicted octanol–water partition coefficient (Wildman–Crippen LogP) is 5.68. The molecule has 0 saturated heterocycles. The molecule has 160 valence electrons. The summed E-state index contributed by atoms with van der Waals surface area (Å²) < 4.78 is 22.2. The van der Waals surface area contributed by atoms with Crippen LogP contribution in [0, 0.1) is 0 Å². The topological polar surface area (TPSA) is 40.2 Å². The highest BCUT2D eigenvalue weighted by Gasteiger charge is 2.26. The Morgan fingerprint density at radius 1 is 0.968 bits per heavy atom. The molecule has 0 spiro atoms. The number of ether oxygens (including phenoxy) is 4. The molecule has 2 heterocycles. The molecule has 0 radical (unpaired) electrons. The van der Waals surface area contributed by atoms with E-state index >= 15 is 0 Å². The smallest absolute Gasteiger partial charge is 0.231 e. The van der Waals surface area contributed by atoms with Gasteiger partial charge in [-0.15, -0.1) is 11.8 Å². The number of methoxy groups -OCH3 is 2. The largest absolute Gasteiger partial charge is 0.497 e. The molecule has 0 saturated carbocycles. The Morgan fingerprint density at radius 2 is 1.84 bits per heavy atom. The minimum Gasteiger partial charge on any atom is -0.497 e. The van der Waals surface area contributed by atoms with Gasteiger partial charge in [-0.1, -0.05) is 24.3 Å². The maximum absolute atomic E-state index is 5.66. The van der Waals surface area contributed by atoms with Crippen molar-refractivity contribution in [2.45, 2.75) is 23.1 Å². The van der Waals surface area contributed by atoms with Gasteiger partial charge in [0.2, 0.25) is 6.79 Å². The summed E-state index contributed by atoms with van der Waals surface area (Å²) in [5.41, 5.74) is 3.65. The summed E-state index contributed by atoms with van der Waals surface area (Å²) in [4.78, 5) is 3.66. The van der Waals surface area contributed by atoms with Gasteiger partial charge in [0.05, 0.1) is 19.9 Å². The average molecular weight is 436 g/mol. The summed E-state index contributed by atoms with van der Waals surface area (Å²) in [6, 6.07) is 20.9. The molecule has 2 aliphatic rings. The SMILES string of the molecule is COc1ccc2c(c1)SC(c1ccccc1OC)CCN2Cc1ccc2c(c1)OCO2. The maximum Gasteiger partial charge on any atom is 0.231 e. The number of hydrogen-bond donors (Lipinski definition) is 0. The van der Waals surface area contributed by atoms with Crippen LogP contribution in [0.3, 0.4) is 0 Å². The van der Waals surface area contributed by atoms with Crippen molar-refractivity contribution in [2.24, 2.45) is 0 Å². The summed E-state index contributed by atoms with van der Waals surface area (Å²) in [7, 11) is 3.45. The second-order valence-corrected chi connectivity index (χ2v) is 8.82. The van der Waals surface area contributed by atoms with E-state index in [4.69, 9.17) is 18.9 Å². The summed E-state index contributed by atoms with van der Waals surface area (Å²) in [6.07, 6.45) is 1.01. The molecule has 0 amide bonds. The first-order valence-corrected chi connectivity index (χ1v) is 11.2. The van der Waals surface area contributed by atoms with Crippen molar-refractivity contribution in [3.8, 4) is 23.0 Å². The number of fused-ring (bicyclic) bond motifs is 2. The molecule has 6 heteroatoms. The standard InChI is InChI=1S/C25H25NO4S/c1-27-18-8-9-20-25(14-18)31-24(19-5-3-4-6-21(19)28-2)11-12-26(20)15-17-7-10-22-23(13-17)30-16-29-22/h3-10,13-14,24H,11-12,15-16H2,1-2H3. The van der Waals surface area contributed by atoms with E-state index in [-0.39, 0.29) is 0 Å². The van der Waals surface area contributed by atoms with Crippen LogP contribution in [0.1, 0.15) is 22.8 Å². The third kappa shape index (κ3) is 4.00. The van der Waals surface area contributed by atoms with Crippen LogP contribution in [-0.4, -0.2) is 27.6 Å². The molecule has 3 aromatic carbocycles. The van der Waals surface area contributed by atoms with Crippen LogP contribution < -0.4 is 23.8 Å². The Hall–Kier alpha value is -2.99. The van der Waals surface area contributed by atoms with E-state index in [2.05, 4.69) is 41.3 Å². The van der Waals surface area contributed by atoms with Gasteiger partial charge >= 0.3 is 0 Å². The van der Waals surface area contributed by atoms with Gasteiger partial charge in [-0.3, -0.25) is 0 Å². The fraction of sp³-hybridized carbons (Fsp3) is 0.280. The van der Waals surface area contributed by atoms with Crippen molar-refractivity contribution < 1.29 is 18.9 Å². The van der Waals surface area contributed by atoms with Crippen molar-refractivity contribution in [2.75, 3.05) is 32.5 Å². The number of nitrogens with zero attached hydrogens (tertiary/aromatic N) is 1. The van der Waals surface area contributed by atoms with Crippen LogP contribution in [-0.2, 0) is 6.54 Å². The molecule has 0 bridgehead atoms. The number of para-hydroxylation sites is 1. The lowest BCUT2D eigenvalue weighted by Crippen LogP contribution is -2.24. The van der Waals surface area contributed by atoms with Crippen molar-refractivity contribution in [1.82, 2.24) is 0 Å². The lowest BCUT2D eigenvalue weighted by atomic mass is 10.1. The Labute approximate surface area is 186 Å². The van der Waals surface area contributed by atoms with E-state index in [9.17, 15) is 0 Å². The van der Waals surface area contributed by atoms with Crippen molar-refractivity contribution >= 4 is 17.4 Å². The fourth-order valence-electron chi connectivity index (χ4n) is 4.16. The number of anilines is 1. The minimum atomic E-state index is 0.294. The normalized spacial score (nSPS) is 17.1. The fourth-order valence-corrected chi connectivity index (χ4v) is 5.51. The minimum absolute atomic E-state index is 0.294. The Bertz CT molecular complexity index is 1090. The van der Waals surface area contributed by atoms with E-state index < -0.39 is 0 Å². The number of rotatable bonds is 5. The first-order chi connectivity index (χ1) is 15.2. The summed E-state index contributed by atoms with van der Waals surface area (Å²) in [6.45, 7) is 2.03. The maximum atomic E-state index is 5.66. The lowest BCUT2D eigenvalue weighted by molar-refractivity contribution is 0.174. The van der Waals surface area contributed by atoms with Crippen molar-refractivity contribution in [3.63, 3.8) is 0 Å². The summed E-state index contributed by atoms with van der Waals surface area (Å²) in [5.74, 6) is 3.45. The molecule has 3 aromatic rings. The predicted molar refractivity (Wildman–Crippen MR) is 123 cm³/mol. The number of benzene rings is 3. The molecule has 1 unspecified atom stereocenters. The molecule has 0 N–H and O–H groups in total. The Morgan fingerprint density at radius 3 is 2.71 bits per heavy atom. The molecule has 0 aromatic heterocycles. The van der Waals surface area contributed by atoms with Gasteiger partial charge in [0.1, 0.15) is 11.5 Å². The van der Waals surface area contributed by atoms with Crippen LogP contribution >= 0.6 is 11.8 Å². The van der Waals surface area contributed by atoms with Gasteiger partial charge in [-0.25, -0.2) is 0 Å². The molecular formula is C25H25NO4S. The second kappa shape index (κ2) is 8.63. The van der Waals surface area contributed by atoms with E-state index in [0.717, 1.165) is 42.5 Å². The Balaban J connectivity index is 1.48. The third-order valence-electron chi connectivity index (χ3n) is 5.73. The summed E-state index contributed by atoms with van der Waals surface area (Å²) >= 11 is 1.88. The first-order valence-electron chi connectivity index (χ1n) is 10.4. The van der Waals surface area contributed by atoms with Crippen LogP contribution in [0.25, 0.3) is 0 Å². The van der Waals surface area contributed by atoms with Gasteiger partial charge in [0, 0.05) is 28.8 Å². The zero-order chi connectivity index (χ0) is 21.2. The van der Waals surface area contributed by atoms with E-state index in [1.807, 2.05) is 36.0 Å². The highest BCUT2D eigenvalue weighted by Crippen LogP contribution is 2.48. The monoisotopic (exact) mass is 435 g/mol. The van der Waals surface area contributed by atoms with Crippen LogP contribution in [0.4, 0.5) is 5.69 Å². The first kappa shape index (κ1) is 19.9. The molecular weight excluding hydrogens is 410 g/mol. The number of hydrogen-bond acceptors (Lipinski definition) is 6. The molecule has 0 aliphatic carbocycles. The van der Waals surface area contributed by atoms with Gasteiger partial charge < -0.3 is 23.8 Å². The molecule has 5 rings (SSSR count). The van der Waals surface area contributed by atoms with Crippen molar-refractivity contribution in [1.29, 1.82) is 0 Å². The van der Waals surface area contributed by atoms with Gasteiger partial charge in [0.25, 0.3) is 0 Å². The quantitative estimate of drug-likeness (QED) is 0.514. The number of thioether (sulfide) groups is 1. The highest BCUT2D eigenvalue weighted by atomic mass is 32.2. The van der Waals surface area contributed by atoms with E-state index in [0.29, 0.717) is 12.0 Å². The molecule has 0 fully saturated rings. The molecule has 1 atom stereocenters. The third-order valence-corrected chi connectivity index (χ3v) is 7.09. The van der Waals surface area contributed by atoms with Crippen molar-refractivity contribution in [3.05, 3.63) is 71.8 Å². The van der Waals surface area contributed by atoms with Crippen LogP contribution in [0.5, 0.6) is 23.0 Å². The molecule has 2 aliphatic heterocycles. The highest BCUT2D eigenvalue weighted by molar-refractivity contribution is 7.99. The van der Waals surface area contributed by atoms with Gasteiger partial charge in [0.15, 0.2) is 11.5 Å². The van der Waals surface area contributed by atoms with Gasteiger partial charge in [-0.05, 0) is 48.4 Å².